The molecule has 0 aromatic heterocycles. The summed E-state index contributed by atoms with van der Waals surface area (Å²) in [6.45, 7) is 4.61. The van der Waals surface area contributed by atoms with Crippen LogP contribution in [0.4, 0.5) is 0 Å². The number of carbonyl (C=O) groups is 2. The van der Waals surface area contributed by atoms with Crippen molar-refractivity contribution < 1.29 is 14.3 Å². The molecule has 0 aromatic carbocycles. The Morgan fingerprint density at radius 2 is 2.17 bits per heavy atom. The topological polar surface area (TPSA) is 97.0 Å². The number of aliphatic imine (C=N–C) groups is 1. The van der Waals surface area contributed by atoms with Crippen LogP contribution in [0.25, 0.3) is 0 Å². The van der Waals surface area contributed by atoms with E-state index in [1.54, 1.807) is 14.0 Å². The van der Waals surface area contributed by atoms with E-state index in [2.05, 4.69) is 15.2 Å². The van der Waals surface area contributed by atoms with E-state index in [1.807, 2.05) is 0 Å². The number of hydrogen-bond acceptors (Lipinski definition) is 4. The third-order valence-electron chi connectivity index (χ3n) is 3.67. The normalized spacial score (nSPS) is 18.1. The average molecular weight is 440 g/mol. The van der Waals surface area contributed by atoms with Crippen molar-refractivity contribution in [2.45, 2.75) is 39.0 Å². The van der Waals surface area contributed by atoms with Crippen molar-refractivity contribution in [3.63, 3.8) is 0 Å². The number of esters is 1. The van der Waals surface area contributed by atoms with Crippen molar-refractivity contribution in [1.29, 1.82) is 0 Å². The Morgan fingerprint density at radius 3 is 2.78 bits per heavy atom. The summed E-state index contributed by atoms with van der Waals surface area (Å²) in [4.78, 5) is 28.8. The van der Waals surface area contributed by atoms with E-state index in [-0.39, 0.29) is 35.9 Å². The minimum absolute atomic E-state index is 0. The van der Waals surface area contributed by atoms with E-state index in [9.17, 15) is 9.59 Å². The van der Waals surface area contributed by atoms with E-state index >= 15 is 0 Å². The molecular weight excluding hydrogens is 411 g/mol. The Hall–Kier alpha value is -1.06. The van der Waals surface area contributed by atoms with Gasteiger partial charge in [-0.25, -0.2) is 0 Å². The van der Waals surface area contributed by atoms with Crippen molar-refractivity contribution in [3.05, 3.63) is 0 Å². The van der Waals surface area contributed by atoms with Gasteiger partial charge >= 0.3 is 5.97 Å². The molecule has 1 unspecified atom stereocenters. The van der Waals surface area contributed by atoms with Gasteiger partial charge in [-0.2, -0.15) is 0 Å². The first-order valence-electron chi connectivity index (χ1n) is 7.96. The summed E-state index contributed by atoms with van der Waals surface area (Å²) in [7, 11) is 1.74. The van der Waals surface area contributed by atoms with Crippen LogP contribution in [0, 0.1) is 5.92 Å². The molecule has 0 aliphatic carbocycles. The molecule has 0 radical (unpaired) electrons. The number of likely N-dealkylation sites (tertiary alicyclic amines) is 1. The molecular formula is C15H29IN4O3. The van der Waals surface area contributed by atoms with Gasteiger partial charge in [0.2, 0.25) is 5.91 Å². The van der Waals surface area contributed by atoms with Gasteiger partial charge < -0.3 is 20.7 Å². The van der Waals surface area contributed by atoms with Crippen LogP contribution in [-0.2, 0) is 14.3 Å². The minimum atomic E-state index is -0.246. The Kier molecular flexibility index (Phi) is 11.8. The fourth-order valence-corrected chi connectivity index (χ4v) is 2.71. The summed E-state index contributed by atoms with van der Waals surface area (Å²) < 4.78 is 4.89. The van der Waals surface area contributed by atoms with Gasteiger partial charge in [0.15, 0.2) is 5.96 Å². The highest BCUT2D eigenvalue weighted by atomic mass is 127. The summed E-state index contributed by atoms with van der Waals surface area (Å²) >= 11 is 0. The molecule has 1 saturated heterocycles. The number of nitrogens with two attached hydrogens (primary N) is 1. The predicted octanol–water partition coefficient (Wildman–Crippen LogP) is 1.11. The second kappa shape index (κ2) is 12.4. The smallest absolute Gasteiger partial charge is 0.305 e. The molecule has 1 aliphatic heterocycles. The first-order chi connectivity index (χ1) is 10.6. The third kappa shape index (κ3) is 8.97. The zero-order valence-corrected chi connectivity index (χ0v) is 16.4. The number of guanidine groups is 1. The number of ether oxygens (including phenoxy) is 1. The molecule has 134 valence electrons. The van der Waals surface area contributed by atoms with Crippen molar-refractivity contribution >= 4 is 41.8 Å². The van der Waals surface area contributed by atoms with Gasteiger partial charge in [0.1, 0.15) is 0 Å². The van der Waals surface area contributed by atoms with E-state index in [0.717, 1.165) is 31.9 Å². The molecule has 1 rings (SSSR count). The zero-order valence-electron chi connectivity index (χ0n) is 14.0. The standard InChI is InChI=1S/C15H28N4O3.HI/c1-3-22-14(21)7-4-8-18-15(17-2)19-9-5-6-12(11-19)10-13(16)20;/h12H,3-11H2,1-2H3,(H2,16,20)(H,17,18);1H. The highest BCUT2D eigenvalue weighted by molar-refractivity contribution is 14.0. The van der Waals surface area contributed by atoms with E-state index in [0.29, 0.717) is 38.3 Å². The van der Waals surface area contributed by atoms with Crippen LogP contribution in [0.5, 0.6) is 0 Å². The molecule has 0 bridgehead atoms. The van der Waals surface area contributed by atoms with Crippen LogP contribution in [0.3, 0.4) is 0 Å². The molecule has 1 heterocycles. The molecule has 8 heteroatoms. The number of nitrogens with one attached hydrogen (secondary N) is 1. The van der Waals surface area contributed by atoms with Gasteiger partial charge in [0.05, 0.1) is 6.61 Å². The summed E-state index contributed by atoms with van der Waals surface area (Å²) in [5, 5.41) is 3.26. The van der Waals surface area contributed by atoms with Crippen LogP contribution < -0.4 is 11.1 Å². The lowest BCUT2D eigenvalue weighted by molar-refractivity contribution is -0.143. The predicted molar refractivity (Wildman–Crippen MR) is 101 cm³/mol. The molecule has 1 amide bonds. The van der Waals surface area contributed by atoms with E-state index < -0.39 is 0 Å². The summed E-state index contributed by atoms with van der Waals surface area (Å²) in [6.07, 6.45) is 3.59. The van der Waals surface area contributed by atoms with Gasteiger partial charge in [-0.1, -0.05) is 0 Å². The molecule has 3 N–H and O–H groups in total. The number of rotatable bonds is 7. The quantitative estimate of drug-likeness (QED) is 0.203. The zero-order chi connectivity index (χ0) is 16.4. The maximum atomic E-state index is 11.3. The molecule has 0 saturated carbocycles. The lowest BCUT2D eigenvalue weighted by Crippen LogP contribution is -2.47. The number of piperidine rings is 1. The van der Waals surface area contributed by atoms with Crippen molar-refractivity contribution in [1.82, 2.24) is 10.2 Å². The lowest BCUT2D eigenvalue weighted by Gasteiger charge is -2.34. The Morgan fingerprint density at radius 1 is 1.43 bits per heavy atom. The number of amides is 1. The van der Waals surface area contributed by atoms with Crippen LogP contribution in [0.2, 0.25) is 0 Å². The van der Waals surface area contributed by atoms with Crippen molar-refractivity contribution in [3.8, 4) is 0 Å². The molecule has 0 spiro atoms. The Bertz CT molecular complexity index is 404. The van der Waals surface area contributed by atoms with Gasteiger partial charge in [-0.3, -0.25) is 14.6 Å². The fourth-order valence-electron chi connectivity index (χ4n) is 2.71. The van der Waals surface area contributed by atoms with Crippen LogP contribution >= 0.6 is 24.0 Å². The first-order valence-corrected chi connectivity index (χ1v) is 7.96. The number of hydrogen-bond donors (Lipinski definition) is 2. The molecule has 1 aliphatic rings. The van der Waals surface area contributed by atoms with Gasteiger partial charge in [0.25, 0.3) is 0 Å². The minimum Gasteiger partial charge on any atom is -0.466 e. The lowest BCUT2D eigenvalue weighted by atomic mass is 9.95. The third-order valence-corrected chi connectivity index (χ3v) is 3.67. The molecule has 23 heavy (non-hydrogen) atoms. The number of carbonyl (C=O) groups excluding carboxylic acids is 2. The summed E-state index contributed by atoms with van der Waals surface area (Å²) in [6, 6.07) is 0. The second-order valence-electron chi connectivity index (χ2n) is 5.51. The second-order valence-corrected chi connectivity index (χ2v) is 5.51. The SMILES string of the molecule is CCOC(=O)CCCNC(=NC)N1CCCC(CC(N)=O)C1.I. The van der Waals surface area contributed by atoms with Crippen LogP contribution in [0.1, 0.15) is 39.0 Å². The van der Waals surface area contributed by atoms with Crippen LogP contribution in [-0.4, -0.2) is 56.0 Å². The maximum Gasteiger partial charge on any atom is 0.305 e. The van der Waals surface area contributed by atoms with E-state index in [4.69, 9.17) is 10.5 Å². The largest absolute Gasteiger partial charge is 0.466 e. The van der Waals surface area contributed by atoms with Gasteiger partial charge in [-0.15, -0.1) is 24.0 Å². The summed E-state index contributed by atoms with van der Waals surface area (Å²) in [5.41, 5.74) is 5.28. The maximum absolute atomic E-state index is 11.3. The summed E-state index contributed by atoms with van der Waals surface area (Å²) in [5.74, 6) is 0.699. The molecule has 1 fully saturated rings. The number of halogens is 1. The van der Waals surface area contributed by atoms with Crippen LogP contribution in [0.15, 0.2) is 4.99 Å². The van der Waals surface area contributed by atoms with Gasteiger partial charge in [-0.05, 0) is 32.1 Å². The number of primary amides is 1. The molecule has 7 nitrogen and oxygen atoms in total. The first kappa shape index (κ1) is 21.9. The van der Waals surface area contributed by atoms with Crippen molar-refractivity contribution in [2.24, 2.45) is 16.6 Å². The fraction of sp³-hybridized carbons (Fsp3) is 0.800. The van der Waals surface area contributed by atoms with E-state index in [1.165, 1.54) is 0 Å². The highest BCUT2D eigenvalue weighted by Crippen LogP contribution is 2.19. The Labute approximate surface area is 155 Å². The Balaban J connectivity index is 0.00000484. The highest BCUT2D eigenvalue weighted by Gasteiger charge is 2.23. The van der Waals surface area contributed by atoms with Crippen molar-refractivity contribution in [2.75, 3.05) is 33.3 Å². The molecule has 0 aromatic rings. The average Bonchev–Trinajstić information content (AvgIpc) is 2.47. The van der Waals surface area contributed by atoms with Gasteiger partial charge in [0, 0.05) is 39.5 Å². The monoisotopic (exact) mass is 440 g/mol. The molecule has 1 atom stereocenters. The number of nitrogens with zero attached hydrogens (tertiary/aromatic N) is 2.